The minimum Gasteiger partial charge on any atom is -0.271 e. The highest BCUT2D eigenvalue weighted by Gasteiger charge is 2.07. The largest absolute Gasteiger partial charge is 0.271 e. The zero-order chi connectivity index (χ0) is 11.8. The predicted molar refractivity (Wildman–Crippen MR) is 75.9 cm³/mol. The van der Waals surface area contributed by atoms with E-state index in [2.05, 4.69) is 36.8 Å². The van der Waals surface area contributed by atoms with Crippen molar-refractivity contribution in [3.05, 3.63) is 22.4 Å². The van der Waals surface area contributed by atoms with Gasteiger partial charge in [0.2, 0.25) is 0 Å². The van der Waals surface area contributed by atoms with Crippen molar-refractivity contribution in [3.63, 3.8) is 0 Å². The van der Waals surface area contributed by atoms with Crippen LogP contribution in [0.25, 0.3) is 0 Å². The molecule has 0 radical (unpaired) electrons. The van der Waals surface area contributed by atoms with E-state index >= 15 is 0 Å². The maximum atomic E-state index is 5.57. The number of hydrogen-bond acceptors (Lipinski definition) is 4. The van der Waals surface area contributed by atoms with E-state index in [0.717, 1.165) is 24.5 Å². The van der Waals surface area contributed by atoms with Crippen molar-refractivity contribution in [1.29, 1.82) is 0 Å². The first-order chi connectivity index (χ1) is 7.72. The standard InChI is InChI=1S/C12H22N2S2/c1-10(2)8-15-9-11(14-13)5-6-12-4-3-7-16-12/h3-4,7,10-11,14H,5-6,8-9,13H2,1-2H3. The van der Waals surface area contributed by atoms with E-state index in [9.17, 15) is 0 Å². The molecule has 92 valence electrons. The summed E-state index contributed by atoms with van der Waals surface area (Å²) in [6, 6.07) is 4.74. The molecule has 0 saturated heterocycles. The van der Waals surface area contributed by atoms with E-state index in [1.165, 1.54) is 10.6 Å². The van der Waals surface area contributed by atoms with Crippen LogP contribution < -0.4 is 11.3 Å². The van der Waals surface area contributed by atoms with Crippen molar-refractivity contribution in [3.8, 4) is 0 Å². The molecule has 1 atom stereocenters. The topological polar surface area (TPSA) is 38.0 Å². The molecule has 0 aliphatic carbocycles. The molecule has 2 nitrogen and oxygen atoms in total. The quantitative estimate of drug-likeness (QED) is 0.556. The number of thiophene rings is 1. The Bertz CT molecular complexity index is 260. The normalized spacial score (nSPS) is 13.2. The summed E-state index contributed by atoms with van der Waals surface area (Å²) in [5.74, 6) is 8.66. The molecule has 0 aliphatic rings. The van der Waals surface area contributed by atoms with Gasteiger partial charge in [-0.3, -0.25) is 11.3 Å². The predicted octanol–water partition coefficient (Wildman–Crippen LogP) is 2.90. The number of nitrogens with two attached hydrogens (primary N) is 1. The van der Waals surface area contributed by atoms with Crippen LogP contribution >= 0.6 is 23.1 Å². The summed E-state index contributed by atoms with van der Waals surface area (Å²) in [6.45, 7) is 4.51. The van der Waals surface area contributed by atoms with Gasteiger partial charge in [-0.15, -0.1) is 11.3 Å². The second-order valence-electron chi connectivity index (χ2n) is 4.41. The fraction of sp³-hybridized carbons (Fsp3) is 0.667. The van der Waals surface area contributed by atoms with Crippen LogP contribution in [0.5, 0.6) is 0 Å². The summed E-state index contributed by atoms with van der Waals surface area (Å²) in [7, 11) is 0. The summed E-state index contributed by atoms with van der Waals surface area (Å²) < 4.78 is 0. The van der Waals surface area contributed by atoms with Crippen LogP contribution in [0.1, 0.15) is 25.1 Å². The lowest BCUT2D eigenvalue weighted by molar-refractivity contribution is 0.540. The number of nitrogens with one attached hydrogen (secondary N) is 1. The number of rotatable bonds is 8. The molecule has 1 aromatic heterocycles. The summed E-state index contributed by atoms with van der Waals surface area (Å²) in [4.78, 5) is 1.45. The van der Waals surface area contributed by atoms with Gasteiger partial charge < -0.3 is 0 Å². The maximum absolute atomic E-state index is 5.57. The average Bonchev–Trinajstić information content (AvgIpc) is 2.75. The number of aryl methyl sites for hydroxylation is 1. The first kappa shape index (κ1) is 14.0. The fourth-order valence-electron chi connectivity index (χ4n) is 1.43. The van der Waals surface area contributed by atoms with Gasteiger partial charge in [0.25, 0.3) is 0 Å². The number of thioether (sulfide) groups is 1. The Kier molecular flexibility index (Phi) is 7.12. The molecule has 0 amide bonds. The summed E-state index contributed by atoms with van der Waals surface area (Å²) in [6.07, 6.45) is 2.26. The van der Waals surface area contributed by atoms with Gasteiger partial charge in [0, 0.05) is 16.7 Å². The van der Waals surface area contributed by atoms with E-state index in [1.54, 1.807) is 0 Å². The summed E-state index contributed by atoms with van der Waals surface area (Å²) in [5.41, 5.74) is 2.92. The zero-order valence-electron chi connectivity index (χ0n) is 10.1. The second kappa shape index (κ2) is 8.12. The smallest absolute Gasteiger partial charge is 0.0304 e. The van der Waals surface area contributed by atoms with E-state index in [1.807, 2.05) is 23.1 Å². The molecular formula is C12H22N2S2. The van der Waals surface area contributed by atoms with Gasteiger partial charge in [0.15, 0.2) is 0 Å². The Hall–Kier alpha value is -0.0300. The minimum atomic E-state index is 0.436. The third-order valence-electron chi connectivity index (χ3n) is 2.33. The van der Waals surface area contributed by atoms with E-state index in [-0.39, 0.29) is 0 Å². The Morgan fingerprint density at radius 1 is 1.44 bits per heavy atom. The first-order valence-electron chi connectivity index (χ1n) is 5.78. The number of hydrazine groups is 1. The van der Waals surface area contributed by atoms with Crippen molar-refractivity contribution in [2.75, 3.05) is 11.5 Å². The van der Waals surface area contributed by atoms with Crippen LogP contribution in [0.2, 0.25) is 0 Å². The SMILES string of the molecule is CC(C)CSCC(CCc1cccs1)NN. The van der Waals surface area contributed by atoms with Crippen molar-refractivity contribution >= 4 is 23.1 Å². The molecule has 16 heavy (non-hydrogen) atoms. The van der Waals surface area contributed by atoms with Gasteiger partial charge >= 0.3 is 0 Å². The van der Waals surface area contributed by atoms with Gasteiger partial charge in [-0.05, 0) is 36.0 Å². The monoisotopic (exact) mass is 258 g/mol. The molecule has 0 aliphatic heterocycles. The molecule has 0 spiro atoms. The summed E-state index contributed by atoms with van der Waals surface area (Å²) in [5, 5.41) is 2.13. The molecule has 1 unspecified atom stereocenters. The Morgan fingerprint density at radius 2 is 2.25 bits per heavy atom. The molecule has 0 aromatic carbocycles. The Morgan fingerprint density at radius 3 is 2.81 bits per heavy atom. The molecule has 4 heteroatoms. The highest BCUT2D eigenvalue weighted by Crippen LogP contribution is 2.15. The van der Waals surface area contributed by atoms with Crippen LogP contribution in [0, 0.1) is 5.92 Å². The lowest BCUT2D eigenvalue weighted by atomic mass is 10.2. The van der Waals surface area contributed by atoms with Crippen molar-refractivity contribution in [2.45, 2.75) is 32.7 Å². The summed E-state index contributed by atoms with van der Waals surface area (Å²) >= 11 is 3.82. The Balaban J connectivity index is 2.16. The fourth-order valence-corrected chi connectivity index (χ4v) is 3.31. The first-order valence-corrected chi connectivity index (χ1v) is 7.82. The third-order valence-corrected chi connectivity index (χ3v) is 4.80. The highest BCUT2D eigenvalue weighted by atomic mass is 32.2. The lowest BCUT2D eigenvalue weighted by Gasteiger charge is -2.15. The molecule has 0 fully saturated rings. The van der Waals surface area contributed by atoms with Crippen LogP contribution in [-0.2, 0) is 6.42 Å². The highest BCUT2D eigenvalue weighted by molar-refractivity contribution is 7.99. The van der Waals surface area contributed by atoms with Gasteiger partial charge in [0.05, 0.1) is 0 Å². The molecule has 1 rings (SSSR count). The minimum absolute atomic E-state index is 0.436. The van der Waals surface area contributed by atoms with E-state index < -0.39 is 0 Å². The molecular weight excluding hydrogens is 236 g/mol. The van der Waals surface area contributed by atoms with Gasteiger partial charge in [-0.25, -0.2) is 0 Å². The van der Waals surface area contributed by atoms with Gasteiger partial charge in [0.1, 0.15) is 0 Å². The molecule has 3 N–H and O–H groups in total. The van der Waals surface area contributed by atoms with Crippen molar-refractivity contribution in [1.82, 2.24) is 5.43 Å². The average molecular weight is 258 g/mol. The molecule has 0 saturated carbocycles. The van der Waals surface area contributed by atoms with E-state index in [0.29, 0.717) is 6.04 Å². The van der Waals surface area contributed by atoms with Gasteiger partial charge in [-0.2, -0.15) is 11.8 Å². The third kappa shape index (κ3) is 5.89. The van der Waals surface area contributed by atoms with Crippen LogP contribution in [0.3, 0.4) is 0 Å². The van der Waals surface area contributed by atoms with Crippen LogP contribution in [-0.4, -0.2) is 17.5 Å². The Labute approximate surface area is 107 Å². The van der Waals surface area contributed by atoms with Crippen molar-refractivity contribution in [2.24, 2.45) is 11.8 Å². The molecule has 1 heterocycles. The van der Waals surface area contributed by atoms with Gasteiger partial charge in [-0.1, -0.05) is 19.9 Å². The van der Waals surface area contributed by atoms with Crippen LogP contribution in [0.4, 0.5) is 0 Å². The lowest BCUT2D eigenvalue weighted by Crippen LogP contribution is -2.37. The van der Waals surface area contributed by atoms with E-state index in [4.69, 9.17) is 5.84 Å². The molecule has 0 bridgehead atoms. The number of hydrogen-bond donors (Lipinski definition) is 2. The maximum Gasteiger partial charge on any atom is 0.0304 e. The second-order valence-corrected chi connectivity index (χ2v) is 6.52. The molecule has 1 aromatic rings. The zero-order valence-corrected chi connectivity index (χ0v) is 11.7. The van der Waals surface area contributed by atoms with Crippen LogP contribution in [0.15, 0.2) is 17.5 Å². The van der Waals surface area contributed by atoms with Crippen molar-refractivity contribution < 1.29 is 0 Å².